The van der Waals surface area contributed by atoms with E-state index in [4.69, 9.17) is 11.6 Å². The monoisotopic (exact) mass is 273 g/mol. The second-order valence-corrected chi connectivity index (χ2v) is 4.35. The van der Waals surface area contributed by atoms with Crippen molar-refractivity contribution in [2.24, 2.45) is 0 Å². The molecule has 0 unspecified atom stereocenters. The summed E-state index contributed by atoms with van der Waals surface area (Å²) in [7, 11) is 0. The van der Waals surface area contributed by atoms with Crippen molar-refractivity contribution in [1.82, 2.24) is 4.98 Å². The van der Waals surface area contributed by atoms with E-state index in [-0.39, 0.29) is 17.4 Å². The fraction of sp³-hybridized carbons (Fsp3) is 0.0909. The summed E-state index contributed by atoms with van der Waals surface area (Å²) in [6.07, 6.45) is 0. The van der Waals surface area contributed by atoms with E-state index < -0.39 is 11.6 Å². The molecule has 0 aliphatic carbocycles. The van der Waals surface area contributed by atoms with Gasteiger partial charge in [0.05, 0.1) is 5.88 Å². The normalized spacial score (nSPS) is 10.5. The van der Waals surface area contributed by atoms with Gasteiger partial charge in [0, 0.05) is 10.9 Å². The lowest BCUT2D eigenvalue weighted by atomic mass is 10.2. The van der Waals surface area contributed by atoms with Gasteiger partial charge in [0.2, 0.25) is 0 Å². The molecule has 88 valence electrons. The first-order valence-corrected chi connectivity index (χ1v) is 6.03. The van der Waals surface area contributed by atoms with Crippen LogP contribution in [0.1, 0.15) is 10.5 Å². The van der Waals surface area contributed by atoms with Gasteiger partial charge in [0.1, 0.15) is 10.7 Å². The zero-order valence-electron chi connectivity index (χ0n) is 8.41. The minimum atomic E-state index is -0.942. The van der Waals surface area contributed by atoms with Gasteiger partial charge in [-0.05, 0) is 18.2 Å². The highest BCUT2D eigenvalue weighted by atomic mass is 35.5. The Bertz CT molecular complexity index is 570. The molecule has 2 nitrogen and oxygen atoms in total. The number of ketones is 1. The Labute approximate surface area is 105 Å². The first-order chi connectivity index (χ1) is 8.11. The molecule has 0 saturated carbocycles. The summed E-state index contributed by atoms with van der Waals surface area (Å²) in [6.45, 7) is 0. The number of carbonyl (C=O) groups is 1. The fourth-order valence-corrected chi connectivity index (χ4v) is 2.19. The van der Waals surface area contributed by atoms with E-state index in [9.17, 15) is 13.6 Å². The number of hydrogen-bond donors (Lipinski definition) is 0. The van der Waals surface area contributed by atoms with E-state index in [1.165, 1.54) is 17.4 Å². The van der Waals surface area contributed by atoms with Crippen LogP contribution in [0.25, 0.3) is 10.6 Å². The van der Waals surface area contributed by atoms with Gasteiger partial charge in [-0.25, -0.2) is 13.8 Å². The molecule has 0 amide bonds. The molecule has 1 heterocycles. The molecular weight excluding hydrogens is 268 g/mol. The van der Waals surface area contributed by atoms with Crippen molar-refractivity contribution >= 4 is 28.7 Å². The lowest BCUT2D eigenvalue weighted by Crippen LogP contribution is -2.00. The van der Waals surface area contributed by atoms with Crippen molar-refractivity contribution in [2.75, 3.05) is 5.88 Å². The minimum Gasteiger partial charge on any atom is -0.291 e. The van der Waals surface area contributed by atoms with Crippen LogP contribution in [0.5, 0.6) is 0 Å². The van der Waals surface area contributed by atoms with Crippen molar-refractivity contribution in [1.29, 1.82) is 0 Å². The van der Waals surface area contributed by atoms with E-state index in [0.717, 1.165) is 12.1 Å². The third-order valence-electron chi connectivity index (χ3n) is 2.08. The molecule has 0 aliphatic heterocycles. The van der Waals surface area contributed by atoms with Gasteiger partial charge < -0.3 is 0 Å². The predicted octanol–water partition coefficient (Wildman–Crippen LogP) is 3.51. The minimum absolute atomic E-state index is 0.152. The van der Waals surface area contributed by atoms with Crippen molar-refractivity contribution in [3.8, 4) is 10.6 Å². The molecule has 0 radical (unpaired) electrons. The zero-order chi connectivity index (χ0) is 12.4. The van der Waals surface area contributed by atoms with Gasteiger partial charge in [-0.2, -0.15) is 0 Å². The number of alkyl halides is 1. The molecule has 2 aromatic rings. The molecule has 0 spiro atoms. The number of halogens is 3. The summed E-state index contributed by atoms with van der Waals surface area (Å²) in [5.74, 6) is -2.30. The van der Waals surface area contributed by atoms with Crippen molar-refractivity contribution in [3.63, 3.8) is 0 Å². The molecule has 0 N–H and O–H groups in total. The standard InChI is InChI=1S/C11H6ClF2NOS/c12-4-10(16)9-5-17-11(15-9)6-1-2-7(13)8(14)3-6/h1-3,5H,4H2. The summed E-state index contributed by atoms with van der Waals surface area (Å²) >= 11 is 6.57. The first-order valence-electron chi connectivity index (χ1n) is 4.62. The number of rotatable bonds is 3. The number of carbonyl (C=O) groups excluding carboxylic acids is 1. The van der Waals surface area contributed by atoms with Crippen LogP contribution in [-0.2, 0) is 0 Å². The molecule has 0 fully saturated rings. The Morgan fingerprint density at radius 2 is 2.12 bits per heavy atom. The Morgan fingerprint density at radius 3 is 2.76 bits per heavy atom. The van der Waals surface area contributed by atoms with E-state index >= 15 is 0 Å². The molecule has 1 aromatic heterocycles. The fourth-order valence-electron chi connectivity index (χ4n) is 1.23. The van der Waals surface area contributed by atoms with Gasteiger partial charge in [0.15, 0.2) is 17.4 Å². The topological polar surface area (TPSA) is 30.0 Å². The lowest BCUT2D eigenvalue weighted by molar-refractivity contribution is 0.101. The number of benzene rings is 1. The smallest absolute Gasteiger partial charge is 0.196 e. The highest BCUT2D eigenvalue weighted by Crippen LogP contribution is 2.25. The average Bonchev–Trinajstić information content (AvgIpc) is 2.81. The Hall–Kier alpha value is -1.33. The van der Waals surface area contributed by atoms with Gasteiger partial charge in [-0.3, -0.25) is 4.79 Å². The van der Waals surface area contributed by atoms with Crippen molar-refractivity contribution < 1.29 is 13.6 Å². The summed E-state index contributed by atoms with van der Waals surface area (Å²) in [4.78, 5) is 15.3. The van der Waals surface area contributed by atoms with Crippen LogP contribution in [0.15, 0.2) is 23.6 Å². The third-order valence-corrected chi connectivity index (χ3v) is 3.21. The van der Waals surface area contributed by atoms with Crippen LogP contribution in [-0.4, -0.2) is 16.6 Å². The maximum Gasteiger partial charge on any atom is 0.196 e. The highest BCUT2D eigenvalue weighted by Gasteiger charge is 2.12. The lowest BCUT2D eigenvalue weighted by Gasteiger charge is -1.97. The molecule has 2 rings (SSSR count). The van der Waals surface area contributed by atoms with Crippen LogP contribution >= 0.6 is 22.9 Å². The van der Waals surface area contributed by atoms with E-state index in [1.54, 1.807) is 5.38 Å². The Morgan fingerprint density at radius 1 is 1.35 bits per heavy atom. The quantitative estimate of drug-likeness (QED) is 0.633. The number of Topliss-reactive ketones (excluding diaryl/α,β-unsaturated/α-hetero) is 1. The number of hydrogen-bond acceptors (Lipinski definition) is 3. The van der Waals surface area contributed by atoms with Crippen LogP contribution in [0.4, 0.5) is 8.78 Å². The first kappa shape index (κ1) is 12.1. The van der Waals surface area contributed by atoms with Gasteiger partial charge in [0.25, 0.3) is 0 Å². The molecule has 0 saturated heterocycles. The van der Waals surface area contributed by atoms with E-state index in [0.29, 0.717) is 10.6 Å². The summed E-state index contributed by atoms with van der Waals surface area (Å²) in [5.41, 5.74) is 0.673. The molecular formula is C11H6ClF2NOS. The molecule has 0 atom stereocenters. The molecule has 0 bridgehead atoms. The Kier molecular flexibility index (Phi) is 3.49. The third kappa shape index (κ3) is 2.50. The molecule has 6 heteroatoms. The van der Waals surface area contributed by atoms with Gasteiger partial charge in [-0.15, -0.1) is 22.9 Å². The van der Waals surface area contributed by atoms with E-state index in [1.807, 2.05) is 0 Å². The van der Waals surface area contributed by atoms with Gasteiger partial charge in [-0.1, -0.05) is 0 Å². The average molecular weight is 274 g/mol. The Balaban J connectivity index is 2.37. The van der Waals surface area contributed by atoms with Crippen molar-refractivity contribution in [3.05, 3.63) is 40.9 Å². The number of thiazole rings is 1. The number of nitrogens with zero attached hydrogens (tertiary/aromatic N) is 1. The summed E-state index contributed by atoms with van der Waals surface area (Å²) < 4.78 is 25.7. The van der Waals surface area contributed by atoms with Crippen LogP contribution in [0, 0.1) is 11.6 Å². The summed E-state index contributed by atoms with van der Waals surface area (Å²) in [5, 5.41) is 2.00. The van der Waals surface area contributed by atoms with Crippen LogP contribution in [0.3, 0.4) is 0 Å². The zero-order valence-corrected chi connectivity index (χ0v) is 9.99. The largest absolute Gasteiger partial charge is 0.291 e. The maximum absolute atomic E-state index is 13.0. The van der Waals surface area contributed by atoms with E-state index in [2.05, 4.69) is 4.98 Å². The second kappa shape index (κ2) is 4.89. The van der Waals surface area contributed by atoms with Crippen molar-refractivity contribution in [2.45, 2.75) is 0 Å². The molecule has 17 heavy (non-hydrogen) atoms. The maximum atomic E-state index is 13.0. The molecule has 0 aliphatic rings. The SMILES string of the molecule is O=C(CCl)c1csc(-c2ccc(F)c(F)c2)n1. The van der Waals surface area contributed by atoms with Crippen LogP contribution in [0.2, 0.25) is 0 Å². The van der Waals surface area contributed by atoms with Crippen LogP contribution < -0.4 is 0 Å². The van der Waals surface area contributed by atoms with Gasteiger partial charge >= 0.3 is 0 Å². The summed E-state index contributed by atoms with van der Waals surface area (Å²) in [6, 6.07) is 3.48. The predicted molar refractivity (Wildman–Crippen MR) is 62.5 cm³/mol. The second-order valence-electron chi connectivity index (χ2n) is 3.22. The number of aromatic nitrogens is 1. The highest BCUT2D eigenvalue weighted by molar-refractivity contribution is 7.13. The molecule has 1 aromatic carbocycles.